The Bertz CT molecular complexity index is 553. The maximum Gasteiger partial charge on any atom is 0.271 e. The SMILES string of the molecule is CCC(NC(=O)c1csc(CCN)n1)c1ccccc1. The van der Waals surface area contributed by atoms with Crippen LogP contribution in [0.4, 0.5) is 0 Å². The second kappa shape index (κ2) is 7.17. The molecule has 0 aliphatic rings. The van der Waals surface area contributed by atoms with Gasteiger partial charge in [0.15, 0.2) is 0 Å². The van der Waals surface area contributed by atoms with Crippen molar-refractivity contribution < 1.29 is 4.79 Å². The maximum atomic E-state index is 12.2. The molecule has 2 aromatic rings. The molecule has 5 heteroatoms. The van der Waals surface area contributed by atoms with Gasteiger partial charge in [0, 0.05) is 11.8 Å². The molecule has 1 unspecified atom stereocenters. The van der Waals surface area contributed by atoms with E-state index in [4.69, 9.17) is 5.73 Å². The molecule has 1 aromatic heterocycles. The normalized spacial score (nSPS) is 12.1. The minimum Gasteiger partial charge on any atom is -0.344 e. The Kier molecular flexibility index (Phi) is 5.26. The first kappa shape index (κ1) is 14.7. The summed E-state index contributed by atoms with van der Waals surface area (Å²) in [6.45, 7) is 2.61. The third-order valence-corrected chi connectivity index (χ3v) is 3.97. The summed E-state index contributed by atoms with van der Waals surface area (Å²) >= 11 is 1.48. The minimum absolute atomic E-state index is 0.0170. The molecule has 0 aliphatic carbocycles. The Morgan fingerprint density at radius 2 is 2.15 bits per heavy atom. The summed E-state index contributed by atoms with van der Waals surface area (Å²) in [5, 5.41) is 5.73. The third-order valence-electron chi connectivity index (χ3n) is 3.06. The predicted octanol–water partition coefficient (Wildman–Crippen LogP) is 2.53. The van der Waals surface area contributed by atoms with Crippen molar-refractivity contribution in [2.24, 2.45) is 5.73 Å². The Morgan fingerprint density at radius 3 is 2.80 bits per heavy atom. The molecule has 4 nitrogen and oxygen atoms in total. The zero-order chi connectivity index (χ0) is 14.4. The number of aromatic nitrogens is 1. The first-order chi connectivity index (χ1) is 9.74. The lowest BCUT2D eigenvalue weighted by molar-refractivity contribution is 0.0931. The van der Waals surface area contributed by atoms with E-state index in [2.05, 4.69) is 17.2 Å². The number of carbonyl (C=O) groups is 1. The summed E-state index contributed by atoms with van der Waals surface area (Å²) in [5.41, 5.74) is 7.08. The Labute approximate surface area is 123 Å². The van der Waals surface area contributed by atoms with E-state index in [0.29, 0.717) is 18.7 Å². The smallest absolute Gasteiger partial charge is 0.271 e. The summed E-state index contributed by atoms with van der Waals surface area (Å²) in [7, 11) is 0. The number of carbonyl (C=O) groups excluding carboxylic acids is 1. The van der Waals surface area contributed by atoms with Gasteiger partial charge in [-0.25, -0.2) is 4.98 Å². The molecule has 0 radical (unpaired) electrons. The fraction of sp³-hybridized carbons (Fsp3) is 0.333. The van der Waals surface area contributed by atoms with Crippen molar-refractivity contribution >= 4 is 17.2 Å². The zero-order valence-corrected chi connectivity index (χ0v) is 12.3. The van der Waals surface area contributed by atoms with Gasteiger partial charge in [0.2, 0.25) is 0 Å². The minimum atomic E-state index is -0.125. The monoisotopic (exact) mass is 289 g/mol. The lowest BCUT2D eigenvalue weighted by Crippen LogP contribution is -2.28. The summed E-state index contributed by atoms with van der Waals surface area (Å²) in [4.78, 5) is 16.5. The number of nitrogens with one attached hydrogen (secondary N) is 1. The van der Waals surface area contributed by atoms with E-state index in [0.717, 1.165) is 17.0 Å². The molecule has 2 rings (SSSR count). The van der Waals surface area contributed by atoms with Crippen LogP contribution >= 0.6 is 11.3 Å². The first-order valence-electron chi connectivity index (χ1n) is 6.75. The van der Waals surface area contributed by atoms with Crippen LogP contribution in [0.15, 0.2) is 35.7 Å². The van der Waals surface area contributed by atoms with Gasteiger partial charge in [-0.05, 0) is 18.5 Å². The standard InChI is InChI=1S/C15H19N3OS/c1-2-12(11-6-4-3-5-7-11)18-15(19)13-10-20-14(17-13)8-9-16/h3-7,10,12H,2,8-9,16H2,1H3,(H,18,19). The largest absolute Gasteiger partial charge is 0.344 e. The van der Waals surface area contributed by atoms with E-state index >= 15 is 0 Å². The topological polar surface area (TPSA) is 68.0 Å². The van der Waals surface area contributed by atoms with Gasteiger partial charge in [-0.2, -0.15) is 0 Å². The number of rotatable bonds is 6. The van der Waals surface area contributed by atoms with Crippen LogP contribution in [0.25, 0.3) is 0 Å². The van der Waals surface area contributed by atoms with Gasteiger partial charge in [-0.15, -0.1) is 11.3 Å². The van der Waals surface area contributed by atoms with E-state index in [1.54, 1.807) is 5.38 Å². The molecule has 0 aliphatic heterocycles. The van der Waals surface area contributed by atoms with Crippen molar-refractivity contribution in [2.75, 3.05) is 6.54 Å². The van der Waals surface area contributed by atoms with Crippen LogP contribution in [-0.4, -0.2) is 17.4 Å². The number of thiazole rings is 1. The lowest BCUT2D eigenvalue weighted by atomic mass is 10.0. The van der Waals surface area contributed by atoms with Crippen molar-refractivity contribution in [3.05, 3.63) is 52.0 Å². The van der Waals surface area contributed by atoms with E-state index in [1.165, 1.54) is 11.3 Å². The van der Waals surface area contributed by atoms with Crippen LogP contribution in [-0.2, 0) is 6.42 Å². The molecule has 0 spiro atoms. The van der Waals surface area contributed by atoms with E-state index in [-0.39, 0.29) is 11.9 Å². The van der Waals surface area contributed by atoms with E-state index in [9.17, 15) is 4.79 Å². The van der Waals surface area contributed by atoms with Crippen LogP contribution in [0.2, 0.25) is 0 Å². The second-order valence-corrected chi connectivity index (χ2v) is 5.45. The van der Waals surface area contributed by atoms with Crippen LogP contribution in [0.3, 0.4) is 0 Å². The molecule has 0 saturated carbocycles. The molecule has 20 heavy (non-hydrogen) atoms. The summed E-state index contributed by atoms with van der Waals surface area (Å²) < 4.78 is 0. The number of hydrogen-bond acceptors (Lipinski definition) is 4. The highest BCUT2D eigenvalue weighted by Gasteiger charge is 2.16. The molecule has 0 saturated heterocycles. The van der Waals surface area contributed by atoms with Gasteiger partial charge < -0.3 is 11.1 Å². The summed E-state index contributed by atoms with van der Waals surface area (Å²) in [6, 6.07) is 9.99. The van der Waals surface area contributed by atoms with Gasteiger partial charge in [0.1, 0.15) is 5.69 Å². The fourth-order valence-corrected chi connectivity index (χ4v) is 2.79. The van der Waals surface area contributed by atoms with Crippen molar-refractivity contribution in [3.8, 4) is 0 Å². The molecule has 106 valence electrons. The highest BCUT2D eigenvalue weighted by Crippen LogP contribution is 2.17. The Balaban J connectivity index is 2.05. The van der Waals surface area contributed by atoms with Gasteiger partial charge in [0.05, 0.1) is 11.0 Å². The van der Waals surface area contributed by atoms with Crippen LogP contribution in [0.5, 0.6) is 0 Å². The molecule has 1 atom stereocenters. The molecule has 1 aromatic carbocycles. The van der Waals surface area contributed by atoms with Crippen LogP contribution in [0.1, 0.15) is 40.4 Å². The van der Waals surface area contributed by atoms with Crippen LogP contribution in [0, 0.1) is 0 Å². The fourth-order valence-electron chi connectivity index (χ4n) is 1.99. The van der Waals surface area contributed by atoms with Gasteiger partial charge in [-0.1, -0.05) is 37.3 Å². The lowest BCUT2D eigenvalue weighted by Gasteiger charge is -2.16. The maximum absolute atomic E-state index is 12.2. The molecule has 0 bridgehead atoms. The first-order valence-corrected chi connectivity index (χ1v) is 7.62. The summed E-state index contributed by atoms with van der Waals surface area (Å²) in [5.74, 6) is -0.125. The van der Waals surface area contributed by atoms with Crippen LogP contribution < -0.4 is 11.1 Å². The highest BCUT2D eigenvalue weighted by atomic mass is 32.1. The molecule has 3 N–H and O–H groups in total. The average molecular weight is 289 g/mol. The van der Waals surface area contributed by atoms with Gasteiger partial charge >= 0.3 is 0 Å². The van der Waals surface area contributed by atoms with Gasteiger partial charge in [-0.3, -0.25) is 4.79 Å². The van der Waals surface area contributed by atoms with Crippen molar-refractivity contribution in [1.82, 2.24) is 10.3 Å². The molecule has 1 amide bonds. The highest BCUT2D eigenvalue weighted by molar-refractivity contribution is 7.09. The second-order valence-electron chi connectivity index (χ2n) is 4.51. The predicted molar refractivity (Wildman–Crippen MR) is 81.8 cm³/mol. The quantitative estimate of drug-likeness (QED) is 0.858. The number of nitrogens with zero attached hydrogens (tertiary/aromatic N) is 1. The third kappa shape index (κ3) is 3.65. The molecular formula is C15H19N3OS. The number of amides is 1. The zero-order valence-electron chi connectivity index (χ0n) is 11.5. The number of nitrogens with two attached hydrogens (primary N) is 1. The van der Waals surface area contributed by atoms with Crippen molar-refractivity contribution in [2.45, 2.75) is 25.8 Å². The Hall–Kier alpha value is -1.72. The number of benzene rings is 1. The molecular weight excluding hydrogens is 270 g/mol. The average Bonchev–Trinajstić information content (AvgIpc) is 2.94. The number of hydrogen-bond donors (Lipinski definition) is 2. The molecule has 1 heterocycles. The Morgan fingerprint density at radius 1 is 1.40 bits per heavy atom. The van der Waals surface area contributed by atoms with Gasteiger partial charge in [0.25, 0.3) is 5.91 Å². The van der Waals surface area contributed by atoms with Crippen molar-refractivity contribution in [1.29, 1.82) is 0 Å². The van der Waals surface area contributed by atoms with E-state index < -0.39 is 0 Å². The van der Waals surface area contributed by atoms with E-state index in [1.807, 2.05) is 30.3 Å². The summed E-state index contributed by atoms with van der Waals surface area (Å²) in [6.07, 6.45) is 1.56. The molecule has 0 fully saturated rings. The van der Waals surface area contributed by atoms with Crippen molar-refractivity contribution in [3.63, 3.8) is 0 Å².